The van der Waals surface area contributed by atoms with E-state index in [0.29, 0.717) is 42.7 Å². The zero-order chi connectivity index (χ0) is 22.1. The Morgan fingerprint density at radius 1 is 1.16 bits per heavy atom. The number of hydrogen-bond donors (Lipinski definition) is 3. The average Bonchev–Trinajstić information content (AvgIpc) is 3.19. The smallest absolute Gasteiger partial charge is 0.191 e. The third kappa shape index (κ3) is 7.46. The number of benzene rings is 1. The monoisotopic (exact) mass is 547 g/mol. The molecular formula is C21H34IN5O4. The van der Waals surface area contributed by atoms with Crippen LogP contribution < -0.4 is 24.8 Å². The molecule has 0 aliphatic rings. The molecule has 1 unspecified atom stereocenters. The van der Waals surface area contributed by atoms with Crippen molar-refractivity contribution in [2.45, 2.75) is 25.9 Å². The SMILES string of the molecule is CCNC(=NCC(C)(O)c1cnn(C)c1)NCCc1c(OC)cc(OC)cc1OC.I. The molecule has 0 radical (unpaired) electrons. The summed E-state index contributed by atoms with van der Waals surface area (Å²) < 4.78 is 18.0. The standard InChI is InChI=1S/C21H33N5O4.HI/c1-7-22-20(24-14-21(2,27)15-12-25-26(3)13-15)23-9-8-17-18(29-5)10-16(28-4)11-19(17)30-6;/h10-13,27H,7-9,14H2,1-6H3,(H2,22,23,24);1H. The maximum absolute atomic E-state index is 10.7. The summed E-state index contributed by atoms with van der Waals surface area (Å²) in [6.45, 7) is 5.22. The van der Waals surface area contributed by atoms with E-state index in [1.807, 2.05) is 26.1 Å². The van der Waals surface area contributed by atoms with Crippen molar-refractivity contribution in [3.8, 4) is 17.2 Å². The van der Waals surface area contributed by atoms with Gasteiger partial charge >= 0.3 is 0 Å². The fraction of sp³-hybridized carbons (Fsp3) is 0.524. The van der Waals surface area contributed by atoms with Gasteiger partial charge in [-0.05, 0) is 20.3 Å². The van der Waals surface area contributed by atoms with Crippen LogP contribution in [-0.2, 0) is 19.1 Å². The lowest BCUT2D eigenvalue weighted by Gasteiger charge is -2.21. The number of nitrogens with zero attached hydrogens (tertiary/aromatic N) is 3. The summed E-state index contributed by atoms with van der Waals surface area (Å²) in [7, 11) is 6.67. The molecule has 1 atom stereocenters. The Kier molecular flexibility index (Phi) is 10.9. The number of aliphatic imine (C=N–C) groups is 1. The van der Waals surface area contributed by atoms with Gasteiger partial charge in [-0.25, -0.2) is 4.99 Å². The van der Waals surface area contributed by atoms with Crippen molar-refractivity contribution in [1.29, 1.82) is 0 Å². The minimum absolute atomic E-state index is 0. The molecule has 174 valence electrons. The van der Waals surface area contributed by atoms with E-state index in [9.17, 15) is 5.11 Å². The zero-order valence-electron chi connectivity index (χ0n) is 19.1. The number of guanidine groups is 1. The molecule has 2 aromatic rings. The fourth-order valence-electron chi connectivity index (χ4n) is 3.00. The summed E-state index contributed by atoms with van der Waals surface area (Å²) in [4.78, 5) is 4.54. The van der Waals surface area contributed by atoms with Crippen LogP contribution in [0, 0.1) is 0 Å². The zero-order valence-corrected chi connectivity index (χ0v) is 21.4. The Labute approximate surface area is 201 Å². The van der Waals surface area contributed by atoms with Gasteiger partial charge in [0, 0.05) is 49.6 Å². The van der Waals surface area contributed by atoms with Crippen LogP contribution in [0.25, 0.3) is 0 Å². The topological polar surface area (TPSA) is 102 Å². The van der Waals surface area contributed by atoms with Crippen LogP contribution in [0.2, 0.25) is 0 Å². The Balaban J connectivity index is 0.00000480. The summed E-state index contributed by atoms with van der Waals surface area (Å²) >= 11 is 0. The van der Waals surface area contributed by atoms with Crippen LogP contribution in [0.4, 0.5) is 0 Å². The summed E-state index contributed by atoms with van der Waals surface area (Å²) in [5, 5.41) is 21.4. The van der Waals surface area contributed by atoms with Crippen LogP contribution in [-0.4, -0.2) is 61.8 Å². The highest BCUT2D eigenvalue weighted by Crippen LogP contribution is 2.34. The second-order valence-electron chi connectivity index (χ2n) is 7.06. The highest BCUT2D eigenvalue weighted by Gasteiger charge is 2.24. The molecule has 31 heavy (non-hydrogen) atoms. The number of aliphatic hydroxyl groups is 1. The lowest BCUT2D eigenvalue weighted by Crippen LogP contribution is -2.39. The summed E-state index contributed by atoms with van der Waals surface area (Å²) in [6, 6.07) is 3.67. The molecule has 1 heterocycles. The van der Waals surface area contributed by atoms with Gasteiger partial charge in [0.25, 0.3) is 0 Å². The molecule has 0 fully saturated rings. The van der Waals surface area contributed by atoms with E-state index < -0.39 is 5.60 Å². The van der Waals surface area contributed by atoms with Gasteiger partial charge in [0.05, 0.1) is 34.1 Å². The second-order valence-corrected chi connectivity index (χ2v) is 7.06. The Hall–Kier alpha value is -2.21. The molecule has 1 aromatic carbocycles. The van der Waals surface area contributed by atoms with E-state index in [2.05, 4.69) is 20.7 Å². The van der Waals surface area contributed by atoms with Gasteiger partial charge in [0.15, 0.2) is 5.96 Å². The fourth-order valence-corrected chi connectivity index (χ4v) is 3.00. The molecule has 1 aromatic heterocycles. The van der Waals surface area contributed by atoms with Gasteiger partial charge in [-0.15, -0.1) is 24.0 Å². The average molecular weight is 547 g/mol. The largest absolute Gasteiger partial charge is 0.496 e. The molecule has 0 aliphatic carbocycles. The Bertz CT molecular complexity index is 829. The third-order valence-electron chi connectivity index (χ3n) is 4.70. The van der Waals surface area contributed by atoms with Crippen molar-refractivity contribution in [2.75, 3.05) is 41.0 Å². The number of methoxy groups -OCH3 is 3. The molecule has 0 aliphatic heterocycles. The van der Waals surface area contributed by atoms with E-state index in [1.165, 1.54) is 0 Å². The molecule has 2 rings (SSSR count). The van der Waals surface area contributed by atoms with Gasteiger partial charge in [0.2, 0.25) is 0 Å². The second kappa shape index (κ2) is 12.6. The Morgan fingerprint density at radius 3 is 2.29 bits per heavy atom. The molecular weight excluding hydrogens is 513 g/mol. The van der Waals surface area contributed by atoms with Gasteiger partial charge in [-0.1, -0.05) is 0 Å². The summed E-state index contributed by atoms with van der Waals surface area (Å²) in [6.07, 6.45) is 4.09. The quantitative estimate of drug-likeness (QED) is 0.238. The van der Waals surface area contributed by atoms with Crippen LogP contribution in [0.3, 0.4) is 0 Å². The van der Waals surface area contributed by atoms with Crippen LogP contribution >= 0.6 is 24.0 Å². The lowest BCUT2D eigenvalue weighted by atomic mass is 10.0. The van der Waals surface area contributed by atoms with Crippen molar-refractivity contribution < 1.29 is 19.3 Å². The molecule has 9 nitrogen and oxygen atoms in total. The summed E-state index contributed by atoms with van der Waals surface area (Å²) in [5.41, 5.74) is 0.544. The van der Waals surface area contributed by atoms with Crippen molar-refractivity contribution in [3.05, 3.63) is 35.7 Å². The molecule has 0 amide bonds. The minimum atomic E-state index is -1.11. The number of halogens is 1. The van der Waals surface area contributed by atoms with Gasteiger partial charge in [-0.3, -0.25) is 4.68 Å². The van der Waals surface area contributed by atoms with E-state index in [-0.39, 0.29) is 30.5 Å². The molecule has 10 heteroatoms. The van der Waals surface area contributed by atoms with Crippen molar-refractivity contribution >= 4 is 29.9 Å². The van der Waals surface area contributed by atoms with E-state index in [1.54, 1.807) is 45.3 Å². The van der Waals surface area contributed by atoms with Crippen LogP contribution in [0.5, 0.6) is 17.2 Å². The number of nitrogens with one attached hydrogen (secondary N) is 2. The Morgan fingerprint density at radius 2 is 1.81 bits per heavy atom. The van der Waals surface area contributed by atoms with Gasteiger partial charge < -0.3 is 30.0 Å². The van der Waals surface area contributed by atoms with Crippen LogP contribution in [0.1, 0.15) is 25.0 Å². The number of ether oxygens (including phenoxy) is 3. The molecule has 3 N–H and O–H groups in total. The van der Waals surface area contributed by atoms with E-state index >= 15 is 0 Å². The summed E-state index contributed by atoms with van der Waals surface area (Å²) in [5.74, 6) is 2.70. The molecule has 0 saturated carbocycles. The minimum Gasteiger partial charge on any atom is -0.496 e. The molecule has 0 bridgehead atoms. The molecule has 0 saturated heterocycles. The third-order valence-corrected chi connectivity index (χ3v) is 4.70. The predicted molar refractivity (Wildman–Crippen MR) is 132 cm³/mol. The van der Waals surface area contributed by atoms with Crippen LogP contribution in [0.15, 0.2) is 29.5 Å². The van der Waals surface area contributed by atoms with Crippen molar-refractivity contribution in [3.63, 3.8) is 0 Å². The first-order valence-corrected chi connectivity index (χ1v) is 9.87. The number of rotatable bonds is 10. The highest BCUT2D eigenvalue weighted by molar-refractivity contribution is 14.0. The normalized spacial score (nSPS) is 13.1. The first-order valence-electron chi connectivity index (χ1n) is 9.87. The lowest BCUT2D eigenvalue weighted by molar-refractivity contribution is 0.0672. The number of aryl methyl sites for hydroxylation is 1. The first-order chi connectivity index (χ1) is 14.3. The maximum Gasteiger partial charge on any atom is 0.191 e. The van der Waals surface area contributed by atoms with E-state index in [4.69, 9.17) is 14.2 Å². The van der Waals surface area contributed by atoms with Crippen molar-refractivity contribution in [1.82, 2.24) is 20.4 Å². The van der Waals surface area contributed by atoms with Gasteiger partial charge in [-0.2, -0.15) is 5.10 Å². The van der Waals surface area contributed by atoms with Crippen molar-refractivity contribution in [2.24, 2.45) is 12.0 Å². The molecule has 0 spiro atoms. The predicted octanol–water partition coefficient (Wildman–Crippen LogP) is 2.07. The number of aromatic nitrogens is 2. The van der Waals surface area contributed by atoms with Gasteiger partial charge in [0.1, 0.15) is 22.8 Å². The highest BCUT2D eigenvalue weighted by atomic mass is 127. The number of hydrogen-bond acceptors (Lipinski definition) is 6. The maximum atomic E-state index is 10.7. The van der Waals surface area contributed by atoms with E-state index in [0.717, 1.165) is 11.1 Å². The first kappa shape index (κ1) is 26.8.